The van der Waals surface area contributed by atoms with Gasteiger partial charge in [0.1, 0.15) is 0 Å². The Morgan fingerprint density at radius 3 is 2.39 bits per heavy atom. The molecule has 11 heteroatoms. The number of benzene rings is 1. The summed E-state index contributed by atoms with van der Waals surface area (Å²) in [5.41, 5.74) is -2.40. The second-order valence-corrected chi connectivity index (χ2v) is 7.34. The molecule has 0 aromatic heterocycles. The fourth-order valence-corrected chi connectivity index (χ4v) is 4.09. The summed E-state index contributed by atoms with van der Waals surface area (Å²) in [6, 6.07) is -0.463. The average molecular weight is 352 g/mol. The number of hydrogen-bond donors (Lipinski definition) is 0. The van der Waals surface area contributed by atoms with E-state index in [0.29, 0.717) is 6.07 Å². The first-order valence-corrected chi connectivity index (χ1v) is 8.16. The van der Waals surface area contributed by atoms with Crippen LogP contribution in [0.1, 0.15) is 16.8 Å². The molecule has 0 radical (unpaired) electrons. The van der Waals surface area contributed by atoms with Gasteiger partial charge in [-0.2, -0.15) is 4.39 Å². The second kappa shape index (κ2) is 5.80. The maximum absolute atomic E-state index is 13.8. The van der Waals surface area contributed by atoms with Crippen molar-refractivity contribution >= 4 is 21.4 Å². The number of halogens is 3. The maximum Gasteiger partial charge on any atom is 0.308 e. The summed E-state index contributed by atoms with van der Waals surface area (Å²) in [6.07, 6.45) is 0.109. The Morgan fingerprint density at radius 2 is 1.91 bits per heavy atom. The molecule has 0 spiro atoms. The molecule has 23 heavy (non-hydrogen) atoms. The molecule has 1 fully saturated rings. The minimum atomic E-state index is -3.33. The first-order chi connectivity index (χ1) is 10.5. The molecule has 1 saturated heterocycles. The Labute approximate surface area is 128 Å². The molecule has 0 N–H and O–H groups in total. The third kappa shape index (κ3) is 3.14. The molecule has 0 saturated carbocycles. The predicted octanol–water partition coefficient (Wildman–Crippen LogP) is 1.27. The predicted molar refractivity (Wildman–Crippen MR) is 72.1 cm³/mol. The van der Waals surface area contributed by atoms with Gasteiger partial charge >= 0.3 is 5.69 Å². The Hall–Kier alpha value is -2.17. The Kier molecular flexibility index (Phi) is 4.33. The molecule has 2 rings (SSSR count). The quantitative estimate of drug-likeness (QED) is 0.464. The summed E-state index contributed by atoms with van der Waals surface area (Å²) in [5.74, 6) is -7.65. The van der Waals surface area contributed by atoms with Crippen molar-refractivity contribution in [1.29, 1.82) is 0 Å². The molecule has 126 valence electrons. The van der Waals surface area contributed by atoms with Gasteiger partial charge in [0.2, 0.25) is 11.6 Å². The Morgan fingerprint density at radius 1 is 1.30 bits per heavy atom. The van der Waals surface area contributed by atoms with Crippen molar-refractivity contribution in [3.05, 3.63) is 39.2 Å². The van der Waals surface area contributed by atoms with Crippen LogP contribution in [0.15, 0.2) is 6.07 Å². The molecule has 1 heterocycles. The van der Waals surface area contributed by atoms with E-state index in [1.807, 2.05) is 0 Å². The Balaban J connectivity index is 2.41. The van der Waals surface area contributed by atoms with Crippen LogP contribution in [-0.2, 0) is 9.84 Å². The van der Waals surface area contributed by atoms with Crippen molar-refractivity contribution < 1.29 is 31.3 Å². The van der Waals surface area contributed by atoms with Crippen LogP contribution in [0.5, 0.6) is 0 Å². The molecule has 1 atom stereocenters. The van der Waals surface area contributed by atoms with Gasteiger partial charge in [-0.1, -0.05) is 0 Å². The molecule has 0 aliphatic carbocycles. The second-order valence-electron chi connectivity index (χ2n) is 5.12. The monoisotopic (exact) mass is 352 g/mol. The number of nitro groups is 1. The molecule has 1 aliphatic heterocycles. The highest BCUT2D eigenvalue weighted by Gasteiger charge is 2.36. The number of nitro benzene ring substituents is 1. The first-order valence-electron chi connectivity index (χ1n) is 6.34. The lowest BCUT2D eigenvalue weighted by atomic mass is 10.1. The molecular weight excluding hydrogens is 341 g/mol. The fraction of sp³-hybridized carbons (Fsp3) is 0.417. The number of hydrogen-bond acceptors (Lipinski definition) is 5. The standard InChI is InChI=1S/C12H11F3N2O5S/c1-16(6-2-3-23(21,22)5-6)12(18)7-4-8(17(19)20)10(14)11(15)9(7)13/h4,6H,2-3,5H2,1H3. The van der Waals surface area contributed by atoms with Crippen molar-refractivity contribution in [2.24, 2.45) is 0 Å². The van der Waals surface area contributed by atoms with E-state index < -0.39 is 55.4 Å². The highest BCUT2D eigenvalue weighted by molar-refractivity contribution is 7.91. The molecular formula is C12H11F3N2O5S. The van der Waals surface area contributed by atoms with Crippen LogP contribution in [0.4, 0.5) is 18.9 Å². The van der Waals surface area contributed by atoms with Crippen LogP contribution in [-0.4, -0.2) is 48.7 Å². The van der Waals surface area contributed by atoms with Crippen molar-refractivity contribution in [3.63, 3.8) is 0 Å². The topological polar surface area (TPSA) is 97.6 Å². The first kappa shape index (κ1) is 17.2. The summed E-state index contributed by atoms with van der Waals surface area (Å²) in [5, 5.41) is 10.6. The van der Waals surface area contributed by atoms with Gasteiger partial charge in [0.15, 0.2) is 15.7 Å². The maximum atomic E-state index is 13.8. The number of rotatable bonds is 3. The average Bonchev–Trinajstić information content (AvgIpc) is 2.83. The summed E-state index contributed by atoms with van der Waals surface area (Å²) in [6.45, 7) is 0. The molecule has 1 unspecified atom stereocenters. The van der Waals surface area contributed by atoms with Gasteiger partial charge in [-0.3, -0.25) is 14.9 Å². The normalized spacial score (nSPS) is 19.6. The highest BCUT2D eigenvalue weighted by Crippen LogP contribution is 2.27. The van der Waals surface area contributed by atoms with Gasteiger partial charge in [-0.25, -0.2) is 17.2 Å². The smallest absolute Gasteiger partial charge is 0.308 e. The fourth-order valence-electron chi connectivity index (χ4n) is 2.32. The number of carbonyl (C=O) groups is 1. The van der Waals surface area contributed by atoms with Crippen molar-refractivity contribution in [2.75, 3.05) is 18.6 Å². The Bertz CT molecular complexity index is 796. The minimum Gasteiger partial charge on any atom is -0.338 e. The number of nitrogens with zero attached hydrogens (tertiary/aromatic N) is 2. The van der Waals surface area contributed by atoms with Crippen LogP contribution in [0.25, 0.3) is 0 Å². The van der Waals surface area contributed by atoms with Crippen LogP contribution in [0, 0.1) is 27.6 Å². The lowest BCUT2D eigenvalue weighted by Gasteiger charge is -2.23. The van der Waals surface area contributed by atoms with E-state index in [9.17, 15) is 36.5 Å². The zero-order valence-corrected chi connectivity index (χ0v) is 12.6. The van der Waals surface area contributed by atoms with Crippen molar-refractivity contribution in [3.8, 4) is 0 Å². The van der Waals surface area contributed by atoms with Crippen molar-refractivity contribution in [1.82, 2.24) is 4.90 Å². The lowest BCUT2D eigenvalue weighted by Crippen LogP contribution is -2.38. The summed E-state index contributed by atoms with van der Waals surface area (Å²) >= 11 is 0. The van der Waals surface area contributed by atoms with E-state index in [-0.39, 0.29) is 17.9 Å². The van der Waals surface area contributed by atoms with Gasteiger partial charge in [0.05, 0.1) is 22.0 Å². The highest BCUT2D eigenvalue weighted by atomic mass is 32.2. The number of sulfone groups is 1. The lowest BCUT2D eigenvalue weighted by molar-refractivity contribution is -0.387. The zero-order valence-electron chi connectivity index (χ0n) is 11.8. The zero-order chi connectivity index (χ0) is 17.5. The van der Waals surface area contributed by atoms with E-state index in [0.717, 1.165) is 4.90 Å². The third-order valence-electron chi connectivity index (χ3n) is 3.63. The summed E-state index contributed by atoms with van der Waals surface area (Å²) in [7, 11) is -2.17. The van der Waals surface area contributed by atoms with E-state index in [1.54, 1.807) is 0 Å². The van der Waals surface area contributed by atoms with E-state index >= 15 is 0 Å². The van der Waals surface area contributed by atoms with E-state index in [4.69, 9.17) is 0 Å². The van der Waals surface area contributed by atoms with Crippen molar-refractivity contribution in [2.45, 2.75) is 12.5 Å². The van der Waals surface area contributed by atoms with Gasteiger partial charge < -0.3 is 4.90 Å². The van der Waals surface area contributed by atoms with Crippen LogP contribution in [0.2, 0.25) is 0 Å². The molecule has 7 nitrogen and oxygen atoms in total. The molecule has 1 aromatic rings. The van der Waals surface area contributed by atoms with E-state index in [1.165, 1.54) is 7.05 Å². The van der Waals surface area contributed by atoms with Crippen LogP contribution >= 0.6 is 0 Å². The SMILES string of the molecule is CN(C(=O)c1cc([N+](=O)[O-])c(F)c(F)c1F)C1CCS(=O)(=O)C1. The number of amides is 1. The van der Waals surface area contributed by atoms with Gasteiger partial charge in [0.25, 0.3) is 5.91 Å². The summed E-state index contributed by atoms with van der Waals surface area (Å²) < 4.78 is 63.3. The van der Waals surface area contributed by atoms with Gasteiger partial charge in [-0.15, -0.1) is 0 Å². The largest absolute Gasteiger partial charge is 0.338 e. The molecule has 1 aliphatic rings. The molecule has 1 amide bonds. The summed E-state index contributed by atoms with van der Waals surface area (Å²) in [4.78, 5) is 22.4. The minimum absolute atomic E-state index is 0.109. The van der Waals surface area contributed by atoms with Gasteiger partial charge in [0, 0.05) is 19.2 Å². The third-order valence-corrected chi connectivity index (χ3v) is 5.38. The molecule has 0 bridgehead atoms. The molecule has 1 aromatic carbocycles. The van der Waals surface area contributed by atoms with Gasteiger partial charge in [-0.05, 0) is 6.42 Å². The van der Waals surface area contributed by atoms with E-state index in [2.05, 4.69) is 0 Å². The van der Waals surface area contributed by atoms with Crippen LogP contribution in [0.3, 0.4) is 0 Å². The number of carbonyl (C=O) groups excluding carboxylic acids is 1. The van der Waals surface area contributed by atoms with Crippen LogP contribution < -0.4 is 0 Å².